The van der Waals surface area contributed by atoms with Crippen LogP contribution in [0.4, 0.5) is 0 Å². The summed E-state index contributed by atoms with van der Waals surface area (Å²) in [4.78, 5) is 21.2. The summed E-state index contributed by atoms with van der Waals surface area (Å²) in [5.41, 5.74) is 2.70. The Hall–Kier alpha value is -2.17. The van der Waals surface area contributed by atoms with Gasteiger partial charge in [-0.2, -0.15) is 0 Å². The molecular formula is C16H19N3O2. The summed E-state index contributed by atoms with van der Waals surface area (Å²) >= 11 is 0. The van der Waals surface area contributed by atoms with Crippen LogP contribution < -0.4 is 5.32 Å². The number of aromatic nitrogens is 2. The second kappa shape index (κ2) is 5.31. The van der Waals surface area contributed by atoms with Gasteiger partial charge in [-0.05, 0) is 46.1 Å². The van der Waals surface area contributed by atoms with Crippen molar-refractivity contribution in [2.75, 3.05) is 0 Å². The minimum absolute atomic E-state index is 0.0172. The summed E-state index contributed by atoms with van der Waals surface area (Å²) in [7, 11) is 0. The highest BCUT2D eigenvalue weighted by molar-refractivity contribution is 5.95. The van der Waals surface area contributed by atoms with Gasteiger partial charge in [0.05, 0.1) is 11.6 Å². The highest BCUT2D eigenvalue weighted by Crippen LogP contribution is 2.28. The summed E-state index contributed by atoms with van der Waals surface area (Å²) in [6, 6.07) is 1.76. The quantitative estimate of drug-likeness (QED) is 0.921. The van der Waals surface area contributed by atoms with E-state index in [2.05, 4.69) is 15.3 Å². The minimum atomic E-state index is -0.0947. The van der Waals surface area contributed by atoms with Crippen LogP contribution in [0.15, 0.2) is 16.7 Å². The van der Waals surface area contributed by atoms with Gasteiger partial charge in [0.1, 0.15) is 17.3 Å². The third-order valence-electron chi connectivity index (χ3n) is 3.89. The van der Waals surface area contributed by atoms with Crippen molar-refractivity contribution < 1.29 is 9.21 Å². The summed E-state index contributed by atoms with van der Waals surface area (Å²) < 4.78 is 5.42. The molecule has 1 unspecified atom stereocenters. The van der Waals surface area contributed by atoms with E-state index in [1.54, 1.807) is 6.07 Å². The number of furan rings is 1. The van der Waals surface area contributed by atoms with E-state index in [9.17, 15) is 4.79 Å². The zero-order valence-electron chi connectivity index (χ0n) is 12.6. The van der Waals surface area contributed by atoms with Gasteiger partial charge in [0.2, 0.25) is 0 Å². The first-order valence-corrected chi connectivity index (χ1v) is 7.25. The summed E-state index contributed by atoms with van der Waals surface area (Å²) in [6.45, 7) is 5.54. The van der Waals surface area contributed by atoms with Crippen LogP contribution in [0.2, 0.25) is 0 Å². The molecule has 110 valence electrons. The Labute approximate surface area is 123 Å². The van der Waals surface area contributed by atoms with Gasteiger partial charge in [-0.15, -0.1) is 0 Å². The molecule has 0 fully saturated rings. The van der Waals surface area contributed by atoms with Crippen molar-refractivity contribution in [1.29, 1.82) is 0 Å². The molecule has 0 aliphatic heterocycles. The topological polar surface area (TPSA) is 68.0 Å². The average Bonchev–Trinajstić information content (AvgIpc) is 2.77. The van der Waals surface area contributed by atoms with Crippen LogP contribution in [0.1, 0.15) is 57.8 Å². The van der Waals surface area contributed by atoms with Crippen LogP contribution in [-0.4, -0.2) is 15.9 Å². The molecule has 0 saturated heterocycles. The molecule has 0 bridgehead atoms. The molecular weight excluding hydrogens is 266 g/mol. The predicted molar refractivity (Wildman–Crippen MR) is 78.1 cm³/mol. The molecule has 1 N–H and O–H groups in total. The fourth-order valence-corrected chi connectivity index (χ4v) is 2.89. The molecule has 1 amide bonds. The lowest BCUT2D eigenvalue weighted by atomic mass is 9.92. The third-order valence-corrected chi connectivity index (χ3v) is 3.89. The highest BCUT2D eigenvalue weighted by atomic mass is 16.3. The molecule has 0 saturated carbocycles. The second-order valence-electron chi connectivity index (χ2n) is 5.56. The van der Waals surface area contributed by atoms with Crippen LogP contribution in [-0.2, 0) is 6.42 Å². The SMILES string of the molecule is Cc1ncc2c(n1)CCCC2NC(=O)c1cc(C)oc1C. The van der Waals surface area contributed by atoms with Gasteiger partial charge in [0.15, 0.2) is 0 Å². The van der Waals surface area contributed by atoms with Crippen LogP contribution in [0.5, 0.6) is 0 Å². The van der Waals surface area contributed by atoms with Crippen molar-refractivity contribution in [2.45, 2.75) is 46.1 Å². The van der Waals surface area contributed by atoms with E-state index in [4.69, 9.17) is 4.42 Å². The van der Waals surface area contributed by atoms with Gasteiger partial charge in [0.25, 0.3) is 5.91 Å². The van der Waals surface area contributed by atoms with Crippen molar-refractivity contribution in [3.63, 3.8) is 0 Å². The lowest BCUT2D eigenvalue weighted by molar-refractivity contribution is 0.0931. The monoisotopic (exact) mass is 285 g/mol. The fourth-order valence-electron chi connectivity index (χ4n) is 2.89. The maximum Gasteiger partial charge on any atom is 0.255 e. The Balaban J connectivity index is 1.83. The molecule has 3 rings (SSSR count). The number of amides is 1. The number of nitrogens with one attached hydrogen (secondary N) is 1. The normalized spacial score (nSPS) is 17.4. The lowest BCUT2D eigenvalue weighted by Crippen LogP contribution is -2.31. The molecule has 21 heavy (non-hydrogen) atoms. The standard InChI is InChI=1S/C16H19N3O2/c1-9-7-12(10(2)21-9)16(20)19-15-6-4-5-14-13(15)8-17-11(3)18-14/h7-8,15H,4-6H2,1-3H3,(H,19,20). The highest BCUT2D eigenvalue weighted by Gasteiger charge is 2.25. The van der Waals surface area contributed by atoms with Gasteiger partial charge in [0, 0.05) is 17.5 Å². The number of hydrogen-bond donors (Lipinski definition) is 1. The van der Waals surface area contributed by atoms with Gasteiger partial charge in [-0.1, -0.05) is 0 Å². The second-order valence-corrected chi connectivity index (χ2v) is 5.56. The first kappa shape index (κ1) is 13.8. The molecule has 0 spiro atoms. The van der Waals surface area contributed by atoms with Crippen LogP contribution in [0, 0.1) is 20.8 Å². The molecule has 2 aromatic rings. The summed E-state index contributed by atoms with van der Waals surface area (Å²) in [6.07, 6.45) is 4.74. The van der Waals surface area contributed by atoms with E-state index in [1.807, 2.05) is 27.0 Å². The molecule has 1 aliphatic rings. The van der Waals surface area contributed by atoms with E-state index < -0.39 is 0 Å². The lowest BCUT2D eigenvalue weighted by Gasteiger charge is -2.25. The maximum absolute atomic E-state index is 12.4. The minimum Gasteiger partial charge on any atom is -0.466 e. The number of hydrogen-bond acceptors (Lipinski definition) is 4. The Morgan fingerprint density at radius 3 is 2.90 bits per heavy atom. The summed E-state index contributed by atoms with van der Waals surface area (Å²) in [5.74, 6) is 2.09. The number of aryl methyl sites for hydroxylation is 4. The van der Waals surface area contributed by atoms with Crippen molar-refractivity contribution in [2.24, 2.45) is 0 Å². The molecule has 2 heterocycles. The largest absolute Gasteiger partial charge is 0.466 e. The van der Waals surface area contributed by atoms with E-state index in [0.29, 0.717) is 11.3 Å². The number of carbonyl (C=O) groups excluding carboxylic acids is 1. The van der Waals surface area contributed by atoms with Crippen molar-refractivity contribution in [3.8, 4) is 0 Å². The molecule has 0 radical (unpaired) electrons. The van der Waals surface area contributed by atoms with Gasteiger partial charge in [-0.25, -0.2) is 9.97 Å². The Morgan fingerprint density at radius 2 is 2.19 bits per heavy atom. The number of fused-ring (bicyclic) bond motifs is 1. The Bertz CT molecular complexity index is 691. The fraction of sp³-hybridized carbons (Fsp3) is 0.438. The Morgan fingerprint density at radius 1 is 1.38 bits per heavy atom. The van der Waals surface area contributed by atoms with E-state index >= 15 is 0 Å². The first-order valence-electron chi connectivity index (χ1n) is 7.25. The van der Waals surface area contributed by atoms with Gasteiger partial charge < -0.3 is 9.73 Å². The third kappa shape index (κ3) is 2.68. The van der Waals surface area contributed by atoms with Crippen molar-refractivity contribution in [1.82, 2.24) is 15.3 Å². The molecule has 5 heteroatoms. The number of nitrogens with zero attached hydrogens (tertiary/aromatic N) is 2. The zero-order valence-corrected chi connectivity index (χ0v) is 12.6. The van der Waals surface area contributed by atoms with Crippen molar-refractivity contribution >= 4 is 5.91 Å². The Kier molecular flexibility index (Phi) is 3.49. The van der Waals surface area contributed by atoms with Gasteiger partial charge in [-0.3, -0.25) is 4.79 Å². The van der Waals surface area contributed by atoms with Crippen LogP contribution in [0.25, 0.3) is 0 Å². The molecule has 5 nitrogen and oxygen atoms in total. The van der Waals surface area contributed by atoms with Crippen LogP contribution >= 0.6 is 0 Å². The summed E-state index contributed by atoms with van der Waals surface area (Å²) in [5, 5.41) is 3.09. The average molecular weight is 285 g/mol. The van der Waals surface area contributed by atoms with Crippen LogP contribution in [0.3, 0.4) is 0 Å². The molecule has 1 aliphatic carbocycles. The van der Waals surface area contributed by atoms with E-state index in [1.165, 1.54) is 0 Å². The van der Waals surface area contributed by atoms with E-state index in [0.717, 1.165) is 42.1 Å². The molecule has 1 atom stereocenters. The maximum atomic E-state index is 12.4. The number of rotatable bonds is 2. The molecule has 0 aromatic carbocycles. The number of carbonyl (C=O) groups is 1. The van der Waals surface area contributed by atoms with Crippen molar-refractivity contribution in [3.05, 3.63) is 46.4 Å². The predicted octanol–water partition coefficient (Wildman–Crippen LogP) is 2.80. The zero-order chi connectivity index (χ0) is 15.0. The smallest absolute Gasteiger partial charge is 0.255 e. The first-order chi connectivity index (χ1) is 10.0. The van der Waals surface area contributed by atoms with E-state index in [-0.39, 0.29) is 11.9 Å². The van der Waals surface area contributed by atoms with Gasteiger partial charge >= 0.3 is 0 Å². The molecule has 2 aromatic heterocycles.